The lowest BCUT2D eigenvalue weighted by molar-refractivity contribution is 0.558. The maximum atomic E-state index is 11.0. The van der Waals surface area contributed by atoms with Gasteiger partial charge >= 0.3 is 5.69 Å². The second kappa shape index (κ2) is 5.07. The summed E-state index contributed by atoms with van der Waals surface area (Å²) in [7, 11) is 0. The highest BCUT2D eigenvalue weighted by Crippen LogP contribution is 2.21. The first-order valence-electron chi connectivity index (χ1n) is 5.92. The Morgan fingerprint density at radius 2 is 2.29 bits per heavy atom. The van der Waals surface area contributed by atoms with E-state index in [0.717, 1.165) is 12.1 Å². The molecule has 1 saturated carbocycles. The zero-order valence-electron chi connectivity index (χ0n) is 10.2. The van der Waals surface area contributed by atoms with E-state index < -0.39 is 5.69 Å². The second-order valence-electron chi connectivity index (χ2n) is 4.44. The summed E-state index contributed by atoms with van der Waals surface area (Å²) in [4.78, 5) is 14.8. The SMILES string of the molecule is Cc1n[nH]c(=O)nc1N/N=C1/CCCC[C@@H]1C. The molecule has 6 heteroatoms. The van der Waals surface area contributed by atoms with Gasteiger partial charge in [0, 0.05) is 5.71 Å². The standard InChI is InChI=1S/C11H17N5O/c1-7-5-3-4-6-9(7)14-15-10-8(2)13-16-11(17)12-10/h7H,3-6H2,1-2H3,(H2,12,15,16,17)/b14-9-/t7-/m0/s1. The first-order valence-corrected chi connectivity index (χ1v) is 5.92. The van der Waals surface area contributed by atoms with E-state index in [-0.39, 0.29) is 0 Å². The van der Waals surface area contributed by atoms with E-state index in [4.69, 9.17) is 0 Å². The van der Waals surface area contributed by atoms with E-state index in [9.17, 15) is 4.79 Å². The Labute approximate surface area is 99.5 Å². The Hall–Kier alpha value is -1.72. The Bertz CT molecular complexity index is 479. The maximum absolute atomic E-state index is 11.0. The fourth-order valence-corrected chi connectivity index (χ4v) is 1.96. The lowest BCUT2D eigenvalue weighted by atomic mass is 9.89. The number of rotatable bonds is 2. The van der Waals surface area contributed by atoms with Crippen LogP contribution in [-0.4, -0.2) is 20.9 Å². The van der Waals surface area contributed by atoms with Crippen molar-refractivity contribution in [1.82, 2.24) is 15.2 Å². The van der Waals surface area contributed by atoms with Gasteiger partial charge in [-0.15, -0.1) is 0 Å². The molecule has 0 spiro atoms. The first kappa shape index (κ1) is 11.8. The van der Waals surface area contributed by atoms with Crippen molar-refractivity contribution in [2.75, 3.05) is 5.43 Å². The molecule has 1 aromatic rings. The van der Waals surface area contributed by atoms with E-state index in [1.165, 1.54) is 19.3 Å². The van der Waals surface area contributed by atoms with Crippen LogP contribution >= 0.6 is 0 Å². The quantitative estimate of drug-likeness (QED) is 0.760. The van der Waals surface area contributed by atoms with Crippen molar-refractivity contribution in [2.45, 2.75) is 39.5 Å². The van der Waals surface area contributed by atoms with Gasteiger partial charge in [-0.1, -0.05) is 13.3 Å². The molecule has 1 atom stereocenters. The van der Waals surface area contributed by atoms with Crippen LogP contribution < -0.4 is 11.1 Å². The summed E-state index contributed by atoms with van der Waals surface area (Å²) in [6, 6.07) is 0. The van der Waals surface area contributed by atoms with Gasteiger partial charge in [-0.3, -0.25) is 5.43 Å². The molecule has 1 aromatic heterocycles. The predicted molar refractivity (Wildman–Crippen MR) is 66.1 cm³/mol. The molecule has 0 radical (unpaired) electrons. The highest BCUT2D eigenvalue weighted by molar-refractivity contribution is 5.87. The number of hydrazone groups is 1. The number of nitrogens with zero attached hydrogens (tertiary/aromatic N) is 3. The summed E-state index contributed by atoms with van der Waals surface area (Å²) >= 11 is 0. The van der Waals surface area contributed by atoms with Gasteiger partial charge < -0.3 is 0 Å². The number of anilines is 1. The molecule has 1 aliphatic rings. The lowest BCUT2D eigenvalue weighted by Gasteiger charge is -2.19. The minimum Gasteiger partial charge on any atom is -0.260 e. The van der Waals surface area contributed by atoms with Gasteiger partial charge in [-0.25, -0.2) is 9.89 Å². The number of aromatic nitrogens is 3. The van der Waals surface area contributed by atoms with Crippen molar-refractivity contribution in [3.05, 3.63) is 16.2 Å². The van der Waals surface area contributed by atoms with Crippen molar-refractivity contribution in [3.8, 4) is 0 Å². The van der Waals surface area contributed by atoms with Gasteiger partial charge in [0.2, 0.25) is 0 Å². The summed E-state index contributed by atoms with van der Waals surface area (Å²) in [5, 5.41) is 10.5. The normalized spacial score (nSPS) is 22.7. The Morgan fingerprint density at radius 3 is 3.06 bits per heavy atom. The Kier molecular flexibility index (Phi) is 3.51. The van der Waals surface area contributed by atoms with Gasteiger partial charge in [0.25, 0.3) is 0 Å². The zero-order chi connectivity index (χ0) is 12.3. The first-order chi connectivity index (χ1) is 8.16. The van der Waals surface area contributed by atoms with Gasteiger partial charge in [0.05, 0.1) is 0 Å². The smallest absolute Gasteiger partial charge is 0.260 e. The molecule has 2 N–H and O–H groups in total. The fraction of sp³-hybridized carbons (Fsp3) is 0.636. The molecular weight excluding hydrogens is 218 g/mol. The zero-order valence-corrected chi connectivity index (χ0v) is 10.2. The predicted octanol–water partition coefficient (Wildman–Crippen LogP) is 1.45. The molecule has 0 amide bonds. The van der Waals surface area contributed by atoms with Crippen LogP contribution in [0.2, 0.25) is 0 Å². The molecule has 1 heterocycles. The third-order valence-electron chi connectivity index (χ3n) is 3.07. The summed E-state index contributed by atoms with van der Waals surface area (Å²) in [5.41, 5.74) is 4.17. The number of H-pyrrole nitrogens is 1. The molecule has 1 aliphatic carbocycles. The molecule has 0 saturated heterocycles. The summed E-state index contributed by atoms with van der Waals surface area (Å²) in [5.74, 6) is 0.936. The molecule has 92 valence electrons. The number of hydrogen-bond donors (Lipinski definition) is 2. The molecule has 0 bridgehead atoms. The summed E-state index contributed by atoms with van der Waals surface area (Å²) < 4.78 is 0. The Balaban J connectivity index is 2.13. The molecule has 0 aliphatic heterocycles. The van der Waals surface area contributed by atoms with Crippen LogP contribution in [0, 0.1) is 12.8 Å². The van der Waals surface area contributed by atoms with Crippen LogP contribution in [0.4, 0.5) is 5.82 Å². The number of nitrogens with one attached hydrogen (secondary N) is 2. The third kappa shape index (κ3) is 2.89. The minimum absolute atomic E-state index is 0.430. The Morgan fingerprint density at radius 1 is 1.47 bits per heavy atom. The molecular formula is C11H17N5O. The monoisotopic (exact) mass is 235 g/mol. The number of hydrogen-bond acceptors (Lipinski definition) is 5. The number of aryl methyl sites for hydroxylation is 1. The molecule has 17 heavy (non-hydrogen) atoms. The van der Waals surface area contributed by atoms with E-state index in [1.807, 2.05) is 0 Å². The van der Waals surface area contributed by atoms with Crippen LogP contribution in [0.1, 0.15) is 38.3 Å². The van der Waals surface area contributed by atoms with Crippen LogP contribution in [0.15, 0.2) is 9.90 Å². The van der Waals surface area contributed by atoms with E-state index in [0.29, 0.717) is 17.4 Å². The van der Waals surface area contributed by atoms with Crippen molar-refractivity contribution in [3.63, 3.8) is 0 Å². The highest BCUT2D eigenvalue weighted by Gasteiger charge is 2.15. The summed E-state index contributed by atoms with van der Waals surface area (Å²) in [6.45, 7) is 3.95. The van der Waals surface area contributed by atoms with Gasteiger partial charge in [-0.2, -0.15) is 15.2 Å². The van der Waals surface area contributed by atoms with Crippen molar-refractivity contribution in [2.24, 2.45) is 11.0 Å². The maximum Gasteiger partial charge on any atom is 0.363 e. The largest absolute Gasteiger partial charge is 0.363 e. The average molecular weight is 235 g/mol. The van der Waals surface area contributed by atoms with Gasteiger partial charge in [-0.05, 0) is 32.1 Å². The molecule has 1 fully saturated rings. The van der Waals surface area contributed by atoms with Gasteiger partial charge in [0.1, 0.15) is 5.69 Å². The number of aromatic amines is 1. The van der Waals surface area contributed by atoms with Crippen LogP contribution in [0.25, 0.3) is 0 Å². The third-order valence-corrected chi connectivity index (χ3v) is 3.07. The van der Waals surface area contributed by atoms with E-state index in [2.05, 4.69) is 32.6 Å². The highest BCUT2D eigenvalue weighted by atomic mass is 16.1. The fourth-order valence-electron chi connectivity index (χ4n) is 1.96. The molecule has 2 rings (SSSR count). The van der Waals surface area contributed by atoms with Gasteiger partial charge in [0.15, 0.2) is 5.82 Å². The van der Waals surface area contributed by atoms with Crippen molar-refractivity contribution < 1.29 is 0 Å². The van der Waals surface area contributed by atoms with E-state index in [1.54, 1.807) is 6.92 Å². The topological polar surface area (TPSA) is 83.0 Å². The van der Waals surface area contributed by atoms with Crippen LogP contribution in [-0.2, 0) is 0 Å². The minimum atomic E-state index is -0.463. The average Bonchev–Trinajstić information content (AvgIpc) is 2.32. The lowest BCUT2D eigenvalue weighted by Crippen LogP contribution is -2.19. The second-order valence-corrected chi connectivity index (χ2v) is 4.44. The van der Waals surface area contributed by atoms with Crippen molar-refractivity contribution in [1.29, 1.82) is 0 Å². The molecule has 0 aromatic carbocycles. The van der Waals surface area contributed by atoms with Crippen LogP contribution in [0.5, 0.6) is 0 Å². The van der Waals surface area contributed by atoms with Crippen molar-refractivity contribution >= 4 is 11.5 Å². The van der Waals surface area contributed by atoms with Crippen LogP contribution in [0.3, 0.4) is 0 Å². The molecule has 0 unspecified atom stereocenters. The van der Waals surface area contributed by atoms with E-state index >= 15 is 0 Å². The molecule has 6 nitrogen and oxygen atoms in total. The summed E-state index contributed by atoms with van der Waals surface area (Å²) in [6.07, 6.45) is 4.65.